The maximum absolute atomic E-state index is 12.6. The molecule has 1 atom stereocenters. The summed E-state index contributed by atoms with van der Waals surface area (Å²) in [6, 6.07) is 12.1. The van der Waals surface area contributed by atoms with Crippen LogP contribution in [-0.4, -0.2) is 22.6 Å². The Balaban J connectivity index is 1.68. The Hall–Kier alpha value is -2.82. The van der Waals surface area contributed by atoms with E-state index in [-0.39, 0.29) is 11.8 Å². The third-order valence-corrected chi connectivity index (χ3v) is 4.77. The van der Waals surface area contributed by atoms with Crippen LogP contribution in [0.2, 0.25) is 0 Å². The van der Waals surface area contributed by atoms with Crippen LogP contribution < -0.4 is 10.1 Å². The molecule has 0 aliphatic rings. The number of fused-ring (bicyclic) bond motifs is 1. The fourth-order valence-corrected chi connectivity index (χ4v) is 3.17. The van der Waals surface area contributed by atoms with Gasteiger partial charge >= 0.3 is 0 Å². The maximum atomic E-state index is 12.6. The Morgan fingerprint density at radius 2 is 1.89 bits per heavy atom. The monoisotopic (exact) mass is 365 g/mol. The number of ether oxygens (including phenoxy) is 1. The molecule has 3 aromatic rings. The van der Waals surface area contributed by atoms with E-state index < -0.39 is 0 Å². The van der Waals surface area contributed by atoms with Crippen molar-refractivity contribution in [2.45, 2.75) is 39.8 Å². The molecule has 2 aromatic carbocycles. The summed E-state index contributed by atoms with van der Waals surface area (Å²) in [6.45, 7) is 7.65. The van der Waals surface area contributed by atoms with Crippen molar-refractivity contribution in [2.24, 2.45) is 5.92 Å². The molecule has 1 heterocycles. The number of nitrogens with zero attached hydrogens (tertiary/aromatic N) is 2. The molecule has 0 saturated carbocycles. The van der Waals surface area contributed by atoms with Gasteiger partial charge in [-0.25, -0.2) is 4.98 Å². The van der Waals surface area contributed by atoms with Gasteiger partial charge in [0.05, 0.1) is 31.6 Å². The molecule has 1 aromatic heterocycles. The van der Waals surface area contributed by atoms with E-state index in [9.17, 15) is 4.79 Å². The molecule has 0 unspecified atom stereocenters. The molecule has 27 heavy (non-hydrogen) atoms. The summed E-state index contributed by atoms with van der Waals surface area (Å²) >= 11 is 0. The first-order valence-electron chi connectivity index (χ1n) is 9.32. The lowest BCUT2D eigenvalue weighted by atomic mass is 9.97. The lowest BCUT2D eigenvalue weighted by Crippen LogP contribution is -2.28. The minimum Gasteiger partial charge on any atom is -0.497 e. The summed E-state index contributed by atoms with van der Waals surface area (Å²) in [5.41, 5.74) is 2.02. The second-order valence-corrected chi connectivity index (χ2v) is 7.34. The lowest BCUT2D eigenvalue weighted by Gasteiger charge is -2.15. The number of rotatable bonds is 7. The highest BCUT2D eigenvalue weighted by atomic mass is 16.5. The van der Waals surface area contributed by atoms with Crippen molar-refractivity contribution in [1.29, 1.82) is 0 Å². The molecule has 0 radical (unpaired) electrons. The van der Waals surface area contributed by atoms with Crippen molar-refractivity contribution in [3.05, 3.63) is 60.2 Å². The maximum Gasteiger partial charge on any atom is 0.227 e. The van der Waals surface area contributed by atoms with Crippen LogP contribution in [-0.2, 0) is 17.9 Å². The van der Waals surface area contributed by atoms with Gasteiger partial charge in [0.2, 0.25) is 5.91 Å². The van der Waals surface area contributed by atoms with E-state index in [4.69, 9.17) is 4.74 Å². The highest BCUT2D eigenvalue weighted by Gasteiger charge is 2.16. The summed E-state index contributed by atoms with van der Waals surface area (Å²) in [4.78, 5) is 16.9. The standard InChI is InChI=1S/C22H27N3O2/c1-15(2)13-25-14-23-11-20(25)12-24-22(26)16(3)17-5-6-19-10-21(27-4)8-7-18(19)9-17/h5-11,14-16H,12-13H2,1-4H3,(H,24,26)/t16-/m0/s1. The van der Waals surface area contributed by atoms with Crippen LogP contribution in [0.25, 0.3) is 10.8 Å². The van der Waals surface area contributed by atoms with Crippen LogP contribution in [0.5, 0.6) is 5.75 Å². The molecule has 0 saturated heterocycles. The summed E-state index contributed by atoms with van der Waals surface area (Å²) in [6.07, 6.45) is 3.64. The predicted molar refractivity (Wildman–Crippen MR) is 108 cm³/mol. The van der Waals surface area contributed by atoms with Gasteiger partial charge in [-0.15, -0.1) is 0 Å². The van der Waals surface area contributed by atoms with Crippen LogP contribution in [0.4, 0.5) is 0 Å². The SMILES string of the molecule is COc1ccc2cc([C@H](C)C(=O)NCc3cncn3CC(C)C)ccc2c1. The zero-order chi connectivity index (χ0) is 19.4. The highest BCUT2D eigenvalue weighted by molar-refractivity contribution is 5.88. The number of hydrogen-bond acceptors (Lipinski definition) is 3. The number of hydrogen-bond donors (Lipinski definition) is 1. The molecule has 0 aliphatic carbocycles. The van der Waals surface area contributed by atoms with Gasteiger partial charge in [-0.1, -0.05) is 38.1 Å². The van der Waals surface area contributed by atoms with E-state index in [0.717, 1.165) is 34.3 Å². The lowest BCUT2D eigenvalue weighted by molar-refractivity contribution is -0.122. The molecular weight excluding hydrogens is 338 g/mol. The molecule has 0 fully saturated rings. The van der Waals surface area contributed by atoms with Crippen LogP contribution in [0.1, 0.15) is 37.9 Å². The van der Waals surface area contributed by atoms with Gasteiger partial charge < -0.3 is 14.6 Å². The molecule has 1 N–H and O–H groups in total. The fraction of sp³-hybridized carbons (Fsp3) is 0.364. The summed E-state index contributed by atoms with van der Waals surface area (Å²) in [5.74, 6) is 1.15. The number of benzene rings is 2. The van der Waals surface area contributed by atoms with Crippen molar-refractivity contribution in [3.8, 4) is 5.75 Å². The molecule has 3 rings (SSSR count). The number of carbonyl (C=O) groups excluding carboxylic acids is 1. The Morgan fingerprint density at radius 3 is 2.63 bits per heavy atom. The van der Waals surface area contributed by atoms with Gasteiger partial charge in [0.15, 0.2) is 0 Å². The van der Waals surface area contributed by atoms with Crippen molar-refractivity contribution in [3.63, 3.8) is 0 Å². The smallest absolute Gasteiger partial charge is 0.227 e. The fourth-order valence-electron chi connectivity index (χ4n) is 3.17. The largest absolute Gasteiger partial charge is 0.497 e. The van der Waals surface area contributed by atoms with Gasteiger partial charge in [-0.05, 0) is 41.3 Å². The average molecular weight is 365 g/mol. The molecule has 0 bridgehead atoms. The molecule has 5 nitrogen and oxygen atoms in total. The van der Waals surface area contributed by atoms with Gasteiger partial charge in [-0.3, -0.25) is 4.79 Å². The first-order chi connectivity index (χ1) is 13.0. The van der Waals surface area contributed by atoms with Crippen LogP contribution in [0, 0.1) is 5.92 Å². The number of aromatic nitrogens is 2. The Kier molecular flexibility index (Phi) is 5.79. The van der Waals surface area contributed by atoms with Gasteiger partial charge in [-0.2, -0.15) is 0 Å². The van der Waals surface area contributed by atoms with Gasteiger partial charge in [0.1, 0.15) is 5.75 Å². The average Bonchev–Trinajstić information content (AvgIpc) is 3.10. The van der Waals surface area contributed by atoms with E-state index in [1.54, 1.807) is 7.11 Å². The Bertz CT molecular complexity index is 930. The van der Waals surface area contributed by atoms with Crippen molar-refractivity contribution >= 4 is 16.7 Å². The first kappa shape index (κ1) is 19.0. The molecule has 142 valence electrons. The zero-order valence-electron chi connectivity index (χ0n) is 16.4. The number of methoxy groups -OCH3 is 1. The van der Waals surface area contributed by atoms with E-state index in [2.05, 4.69) is 34.8 Å². The van der Waals surface area contributed by atoms with E-state index >= 15 is 0 Å². The first-order valence-corrected chi connectivity index (χ1v) is 9.32. The predicted octanol–water partition coefficient (Wildman–Crippen LogP) is 4.12. The summed E-state index contributed by atoms with van der Waals surface area (Å²) in [7, 11) is 1.66. The van der Waals surface area contributed by atoms with Crippen LogP contribution in [0.3, 0.4) is 0 Å². The minimum atomic E-state index is -0.224. The Labute approximate surface area is 160 Å². The van der Waals surface area contributed by atoms with E-state index in [0.29, 0.717) is 12.5 Å². The van der Waals surface area contributed by atoms with Crippen molar-refractivity contribution < 1.29 is 9.53 Å². The second-order valence-electron chi connectivity index (χ2n) is 7.34. The minimum absolute atomic E-state index is 0.0140. The van der Waals surface area contributed by atoms with Crippen LogP contribution in [0.15, 0.2) is 48.9 Å². The normalized spacial score (nSPS) is 12.3. The van der Waals surface area contributed by atoms with E-state index in [1.807, 2.05) is 49.8 Å². The molecule has 5 heteroatoms. The summed E-state index contributed by atoms with van der Waals surface area (Å²) < 4.78 is 7.36. The topological polar surface area (TPSA) is 56.1 Å². The number of imidazole rings is 1. The number of carbonyl (C=O) groups is 1. The third-order valence-electron chi connectivity index (χ3n) is 4.77. The molecule has 0 spiro atoms. The van der Waals surface area contributed by atoms with E-state index in [1.165, 1.54) is 0 Å². The quantitative estimate of drug-likeness (QED) is 0.685. The zero-order valence-corrected chi connectivity index (χ0v) is 16.4. The number of nitrogens with one attached hydrogen (secondary N) is 1. The number of amides is 1. The molecule has 0 aliphatic heterocycles. The van der Waals surface area contributed by atoms with Gasteiger partial charge in [0.25, 0.3) is 0 Å². The third kappa shape index (κ3) is 4.48. The van der Waals surface area contributed by atoms with Gasteiger partial charge in [0, 0.05) is 12.7 Å². The molecular formula is C22H27N3O2. The summed E-state index contributed by atoms with van der Waals surface area (Å²) in [5, 5.41) is 5.24. The Morgan fingerprint density at radius 1 is 1.15 bits per heavy atom. The van der Waals surface area contributed by atoms with Crippen molar-refractivity contribution in [2.75, 3.05) is 7.11 Å². The van der Waals surface area contributed by atoms with Crippen LogP contribution >= 0.6 is 0 Å². The van der Waals surface area contributed by atoms with Crippen molar-refractivity contribution in [1.82, 2.24) is 14.9 Å². The molecule has 1 amide bonds. The highest BCUT2D eigenvalue weighted by Crippen LogP contribution is 2.25. The second kappa shape index (κ2) is 8.25.